The first-order valence-electron chi connectivity index (χ1n) is 11.9. The second kappa shape index (κ2) is 11.5. The van der Waals surface area contributed by atoms with Gasteiger partial charge in [-0.25, -0.2) is 26.3 Å². The van der Waals surface area contributed by atoms with Gasteiger partial charge in [0.15, 0.2) is 34.8 Å². The molecule has 0 atom stereocenters. The average molecular weight is 515 g/mol. The van der Waals surface area contributed by atoms with Crippen LogP contribution in [0, 0.1) is 34.9 Å². The third kappa shape index (κ3) is 6.16. The van der Waals surface area contributed by atoms with Gasteiger partial charge < -0.3 is 4.74 Å². The molecule has 4 aromatic rings. The Balaban J connectivity index is 1.46. The molecule has 0 unspecified atom stereocenters. The van der Waals surface area contributed by atoms with Crippen LogP contribution in [-0.4, -0.2) is 0 Å². The highest BCUT2D eigenvalue weighted by atomic mass is 19.2. The quantitative estimate of drug-likeness (QED) is 0.123. The molecule has 0 radical (unpaired) electrons. The van der Waals surface area contributed by atoms with Crippen molar-refractivity contribution in [3.63, 3.8) is 0 Å². The smallest absolute Gasteiger partial charge is 0.194 e. The van der Waals surface area contributed by atoms with Gasteiger partial charge in [-0.15, -0.1) is 0 Å². The Kier molecular flexibility index (Phi) is 8.21. The molecular weight excluding hydrogens is 490 g/mol. The minimum absolute atomic E-state index is 0.143. The van der Waals surface area contributed by atoms with E-state index in [9.17, 15) is 26.3 Å². The van der Waals surface area contributed by atoms with Crippen molar-refractivity contribution < 1.29 is 31.1 Å². The van der Waals surface area contributed by atoms with Gasteiger partial charge in [0.05, 0.1) is 0 Å². The van der Waals surface area contributed by atoms with Crippen molar-refractivity contribution in [2.24, 2.45) is 0 Å². The van der Waals surface area contributed by atoms with Crippen LogP contribution in [0.4, 0.5) is 26.3 Å². The van der Waals surface area contributed by atoms with E-state index in [-0.39, 0.29) is 17.7 Å². The lowest BCUT2D eigenvalue weighted by molar-refractivity contribution is 0.273. The van der Waals surface area contributed by atoms with Crippen LogP contribution in [0.3, 0.4) is 0 Å². The summed E-state index contributed by atoms with van der Waals surface area (Å²) in [6.07, 6.45) is 3.40. The van der Waals surface area contributed by atoms with E-state index in [0.717, 1.165) is 31.4 Å². The maximum atomic E-state index is 14.8. The number of hydrogen-bond acceptors (Lipinski definition) is 1. The van der Waals surface area contributed by atoms with E-state index in [0.29, 0.717) is 28.7 Å². The van der Waals surface area contributed by atoms with Crippen LogP contribution in [0.5, 0.6) is 5.75 Å². The summed E-state index contributed by atoms with van der Waals surface area (Å²) >= 11 is 0. The minimum Gasteiger partial charge on any atom is -0.483 e. The number of aryl methyl sites for hydroxylation is 1. The third-order valence-corrected chi connectivity index (χ3v) is 6.06. The summed E-state index contributed by atoms with van der Waals surface area (Å²) in [5.74, 6) is -6.84. The second-order valence-corrected chi connectivity index (χ2v) is 8.78. The molecule has 7 heteroatoms. The zero-order valence-corrected chi connectivity index (χ0v) is 20.1. The summed E-state index contributed by atoms with van der Waals surface area (Å²) < 4.78 is 89.3. The van der Waals surface area contributed by atoms with E-state index in [1.807, 2.05) is 6.92 Å². The van der Waals surface area contributed by atoms with Gasteiger partial charge in [0.1, 0.15) is 12.4 Å². The summed E-state index contributed by atoms with van der Waals surface area (Å²) in [5, 5.41) is 0. The van der Waals surface area contributed by atoms with Gasteiger partial charge in [-0.3, -0.25) is 0 Å². The van der Waals surface area contributed by atoms with E-state index in [1.165, 1.54) is 36.4 Å². The van der Waals surface area contributed by atoms with E-state index in [2.05, 4.69) is 0 Å². The molecule has 0 aliphatic rings. The van der Waals surface area contributed by atoms with Crippen molar-refractivity contribution in [3.05, 3.63) is 113 Å². The highest BCUT2D eigenvalue weighted by Gasteiger charge is 2.15. The fourth-order valence-electron chi connectivity index (χ4n) is 4.08. The van der Waals surface area contributed by atoms with Gasteiger partial charge in [-0.05, 0) is 71.0 Å². The molecule has 0 saturated carbocycles. The first-order chi connectivity index (χ1) is 17.8. The molecule has 0 aromatic heterocycles. The van der Waals surface area contributed by atoms with Crippen LogP contribution < -0.4 is 4.74 Å². The first-order valence-corrected chi connectivity index (χ1v) is 11.9. The Morgan fingerprint density at radius 1 is 0.568 bits per heavy atom. The Hall–Kier alpha value is -3.74. The lowest BCUT2D eigenvalue weighted by atomic mass is 9.99. The molecule has 4 rings (SSSR count). The van der Waals surface area contributed by atoms with Crippen molar-refractivity contribution in [2.75, 3.05) is 0 Å². The molecular formula is C30H24F6O. The molecule has 0 aliphatic carbocycles. The highest BCUT2D eigenvalue weighted by Crippen LogP contribution is 2.30. The van der Waals surface area contributed by atoms with Crippen LogP contribution in [-0.2, 0) is 13.0 Å². The average Bonchev–Trinajstić information content (AvgIpc) is 2.87. The van der Waals surface area contributed by atoms with Gasteiger partial charge >= 0.3 is 0 Å². The molecule has 192 valence electrons. The maximum Gasteiger partial charge on any atom is 0.194 e. The Morgan fingerprint density at radius 3 is 1.76 bits per heavy atom. The van der Waals surface area contributed by atoms with Gasteiger partial charge in [0.25, 0.3) is 0 Å². The monoisotopic (exact) mass is 514 g/mol. The van der Waals surface area contributed by atoms with Crippen molar-refractivity contribution in [3.8, 4) is 28.0 Å². The summed E-state index contributed by atoms with van der Waals surface area (Å²) in [4.78, 5) is 0. The number of unbranched alkanes of at least 4 members (excludes halogenated alkanes) is 2. The summed E-state index contributed by atoms with van der Waals surface area (Å²) in [6.45, 7) is 1.81. The van der Waals surface area contributed by atoms with E-state index >= 15 is 0 Å². The van der Waals surface area contributed by atoms with Gasteiger partial charge in [0.2, 0.25) is 0 Å². The molecule has 0 heterocycles. The van der Waals surface area contributed by atoms with E-state index in [1.54, 1.807) is 18.2 Å². The molecule has 0 saturated heterocycles. The zero-order chi connectivity index (χ0) is 26.5. The standard InChI is InChI=1S/C30H24F6O/c1-2-3-4-5-18-12-27(34)30(28(35)13-18)37-17-19-6-11-23(24(31)14-19)21-9-7-20(8-10-21)22-15-25(32)29(36)26(33)16-22/h6-16H,2-5,17H2,1H3. The van der Waals surface area contributed by atoms with Crippen LogP contribution in [0.25, 0.3) is 22.3 Å². The highest BCUT2D eigenvalue weighted by molar-refractivity contribution is 5.71. The number of ether oxygens (including phenoxy) is 1. The normalized spacial score (nSPS) is 11.1. The SMILES string of the molecule is CCCCCc1cc(F)c(OCc2ccc(-c3ccc(-c4cc(F)c(F)c(F)c4)cc3)c(F)c2)c(F)c1. The van der Waals surface area contributed by atoms with Crippen LogP contribution in [0.1, 0.15) is 37.3 Å². The lowest BCUT2D eigenvalue weighted by Gasteiger charge is -2.12. The Bertz CT molecular complexity index is 1350. The lowest BCUT2D eigenvalue weighted by Crippen LogP contribution is -2.02. The second-order valence-electron chi connectivity index (χ2n) is 8.78. The number of halogens is 6. The zero-order valence-electron chi connectivity index (χ0n) is 20.1. The summed E-state index contributed by atoms with van der Waals surface area (Å²) in [7, 11) is 0. The fraction of sp³-hybridized carbons (Fsp3) is 0.200. The van der Waals surface area contributed by atoms with Crippen LogP contribution in [0.2, 0.25) is 0 Å². The molecule has 1 nitrogen and oxygen atoms in total. The molecule has 0 amide bonds. The Labute approximate surface area is 211 Å². The molecule has 0 fully saturated rings. The number of hydrogen-bond donors (Lipinski definition) is 0. The van der Waals surface area contributed by atoms with E-state index in [4.69, 9.17) is 4.74 Å². The summed E-state index contributed by atoms with van der Waals surface area (Å²) in [6, 6.07) is 14.8. The van der Waals surface area contributed by atoms with Gasteiger partial charge in [-0.1, -0.05) is 56.2 Å². The molecule has 0 aliphatic heterocycles. The molecule has 37 heavy (non-hydrogen) atoms. The molecule has 0 spiro atoms. The largest absolute Gasteiger partial charge is 0.483 e. The first kappa shape index (κ1) is 26.3. The van der Waals surface area contributed by atoms with Gasteiger partial charge in [0, 0.05) is 5.56 Å². The number of benzene rings is 4. The molecule has 4 aromatic carbocycles. The minimum atomic E-state index is -1.54. The topological polar surface area (TPSA) is 9.23 Å². The fourth-order valence-corrected chi connectivity index (χ4v) is 4.08. The Morgan fingerprint density at radius 2 is 1.16 bits per heavy atom. The van der Waals surface area contributed by atoms with E-state index < -0.39 is 40.7 Å². The van der Waals surface area contributed by atoms with Crippen molar-refractivity contribution in [1.29, 1.82) is 0 Å². The summed E-state index contributed by atoms with van der Waals surface area (Å²) in [5.41, 5.74) is 2.25. The van der Waals surface area contributed by atoms with Crippen molar-refractivity contribution >= 4 is 0 Å². The predicted octanol–water partition coefficient (Wildman–Crippen LogP) is 9.17. The predicted molar refractivity (Wildman–Crippen MR) is 131 cm³/mol. The maximum absolute atomic E-state index is 14.8. The van der Waals surface area contributed by atoms with Gasteiger partial charge in [-0.2, -0.15) is 0 Å². The molecule has 0 N–H and O–H groups in total. The number of rotatable bonds is 9. The van der Waals surface area contributed by atoms with Crippen molar-refractivity contribution in [2.45, 2.75) is 39.2 Å². The third-order valence-electron chi connectivity index (χ3n) is 6.06. The van der Waals surface area contributed by atoms with Crippen LogP contribution >= 0.6 is 0 Å². The van der Waals surface area contributed by atoms with Crippen molar-refractivity contribution in [1.82, 2.24) is 0 Å². The molecule has 0 bridgehead atoms. The van der Waals surface area contributed by atoms with Crippen LogP contribution in [0.15, 0.2) is 66.7 Å².